The average molecular weight is 378 g/mol. The molecule has 0 heterocycles. The Kier molecular flexibility index (Phi) is 19.0. The molecule has 0 spiro atoms. The minimum Gasteiger partial charge on any atom is -0.297 e. The topological polar surface area (TPSA) is 61.5 Å². The Hall–Kier alpha value is 0.110. The van der Waals surface area contributed by atoms with E-state index in [0.29, 0.717) is 13.2 Å². The van der Waals surface area contributed by atoms with E-state index in [2.05, 4.69) is 13.8 Å². The number of hydrogen-bond donors (Lipinski definition) is 1. The summed E-state index contributed by atoms with van der Waals surface area (Å²) < 4.78 is 22.5. The molecule has 0 aromatic rings. The average Bonchev–Trinajstić information content (AvgIpc) is 2.59. The van der Waals surface area contributed by atoms with Gasteiger partial charge in [-0.3, -0.25) is 9.05 Å². The van der Waals surface area contributed by atoms with Gasteiger partial charge in [0.2, 0.25) is 0 Å². The highest BCUT2D eigenvalue weighted by Gasteiger charge is 2.17. The zero-order chi connectivity index (χ0) is 18.6. The lowest BCUT2D eigenvalue weighted by Crippen LogP contribution is -2.06. The summed E-state index contributed by atoms with van der Waals surface area (Å²) in [5.74, 6) is 0. The van der Waals surface area contributed by atoms with Crippen LogP contribution in [0.3, 0.4) is 0 Å². The summed E-state index contributed by atoms with van der Waals surface area (Å²) in [5.41, 5.74) is 5.62. The maximum absolute atomic E-state index is 12.0. The number of hydrogen-bond acceptors (Lipinski definition) is 3. The summed E-state index contributed by atoms with van der Waals surface area (Å²) in [6.45, 7) is 5.36. The molecule has 0 bridgehead atoms. The summed E-state index contributed by atoms with van der Waals surface area (Å²) in [6.07, 6.45) is 19.7. The molecule has 0 aromatic carbocycles. The van der Waals surface area contributed by atoms with Crippen molar-refractivity contribution in [3.63, 3.8) is 0 Å². The van der Waals surface area contributed by atoms with Gasteiger partial charge in [0, 0.05) is 0 Å². The molecule has 0 amide bonds. The second-order valence-corrected chi connectivity index (χ2v) is 8.75. The SMILES string of the molecule is CCCCCCCCCCOP(N)(=O)OCCCCCCCCCC. The van der Waals surface area contributed by atoms with Crippen LogP contribution < -0.4 is 5.50 Å². The molecule has 0 atom stereocenters. The fourth-order valence-electron chi connectivity index (χ4n) is 2.89. The standard InChI is InChI=1S/C20H44NO3P/c1-3-5-7-9-11-13-15-17-19-23-25(21,22)24-20-18-16-14-12-10-8-6-4-2/h3-20H2,1-2H3,(H2,21,22). The lowest BCUT2D eigenvalue weighted by atomic mass is 10.1. The van der Waals surface area contributed by atoms with Gasteiger partial charge >= 0.3 is 7.75 Å². The molecule has 0 aliphatic rings. The summed E-state index contributed by atoms with van der Waals surface area (Å²) in [4.78, 5) is 0. The third-order valence-electron chi connectivity index (χ3n) is 4.54. The Morgan fingerprint density at radius 3 is 1.16 bits per heavy atom. The van der Waals surface area contributed by atoms with Crippen molar-refractivity contribution in [3.05, 3.63) is 0 Å². The van der Waals surface area contributed by atoms with Crippen LogP contribution in [0.1, 0.15) is 117 Å². The molecule has 0 saturated heterocycles. The fourth-order valence-corrected chi connectivity index (χ4v) is 3.73. The minimum absolute atomic E-state index is 0.445. The first-order valence-corrected chi connectivity index (χ1v) is 12.4. The highest BCUT2D eigenvalue weighted by Crippen LogP contribution is 2.39. The molecule has 25 heavy (non-hydrogen) atoms. The third-order valence-corrected chi connectivity index (χ3v) is 5.62. The first-order valence-electron chi connectivity index (χ1n) is 10.8. The van der Waals surface area contributed by atoms with Crippen LogP contribution in [0.25, 0.3) is 0 Å². The van der Waals surface area contributed by atoms with Gasteiger partial charge in [-0.1, -0.05) is 104 Å². The van der Waals surface area contributed by atoms with Crippen molar-refractivity contribution < 1.29 is 13.6 Å². The summed E-state index contributed by atoms with van der Waals surface area (Å²) in [6, 6.07) is 0. The van der Waals surface area contributed by atoms with Gasteiger partial charge in [-0.2, -0.15) is 0 Å². The maximum Gasteiger partial charge on any atom is 0.402 e. The molecule has 0 aromatic heterocycles. The van der Waals surface area contributed by atoms with Crippen LogP contribution in [0.5, 0.6) is 0 Å². The molecule has 0 aliphatic heterocycles. The highest BCUT2D eigenvalue weighted by atomic mass is 31.2. The summed E-state index contributed by atoms with van der Waals surface area (Å²) >= 11 is 0. The van der Waals surface area contributed by atoms with Crippen molar-refractivity contribution >= 4 is 7.75 Å². The number of rotatable bonds is 20. The second kappa shape index (κ2) is 18.9. The predicted octanol–water partition coefficient (Wildman–Crippen LogP) is 7.37. The Bertz CT molecular complexity index is 287. The molecule has 2 N–H and O–H groups in total. The van der Waals surface area contributed by atoms with Crippen LogP contribution >= 0.6 is 7.75 Å². The molecule has 0 saturated carbocycles. The highest BCUT2D eigenvalue weighted by molar-refractivity contribution is 7.51. The monoisotopic (exact) mass is 377 g/mol. The van der Waals surface area contributed by atoms with Crippen molar-refractivity contribution in [1.82, 2.24) is 0 Å². The van der Waals surface area contributed by atoms with Crippen molar-refractivity contribution in [2.45, 2.75) is 117 Å². The van der Waals surface area contributed by atoms with Gasteiger partial charge in [0.25, 0.3) is 0 Å². The molecule has 152 valence electrons. The van der Waals surface area contributed by atoms with E-state index in [4.69, 9.17) is 14.6 Å². The first-order chi connectivity index (χ1) is 12.1. The minimum atomic E-state index is -3.33. The van der Waals surface area contributed by atoms with Crippen LogP contribution in [-0.2, 0) is 13.6 Å². The molecular weight excluding hydrogens is 333 g/mol. The lowest BCUT2D eigenvalue weighted by Gasteiger charge is -2.13. The molecule has 4 nitrogen and oxygen atoms in total. The molecule has 5 heteroatoms. The zero-order valence-electron chi connectivity index (χ0n) is 17.0. The van der Waals surface area contributed by atoms with E-state index < -0.39 is 7.75 Å². The van der Waals surface area contributed by atoms with Crippen molar-refractivity contribution in [1.29, 1.82) is 0 Å². The third kappa shape index (κ3) is 20.3. The fraction of sp³-hybridized carbons (Fsp3) is 1.00. The summed E-state index contributed by atoms with van der Waals surface area (Å²) in [5, 5.41) is 0. The number of nitrogens with two attached hydrogens (primary N) is 1. The van der Waals surface area contributed by atoms with Crippen LogP contribution in [0.15, 0.2) is 0 Å². The normalized spacial score (nSPS) is 12.0. The molecule has 0 rings (SSSR count). The second-order valence-electron chi connectivity index (χ2n) is 7.16. The smallest absolute Gasteiger partial charge is 0.297 e. The van der Waals surface area contributed by atoms with Gasteiger partial charge in [-0.05, 0) is 12.8 Å². The zero-order valence-corrected chi connectivity index (χ0v) is 17.9. The Morgan fingerprint density at radius 1 is 0.560 bits per heavy atom. The van der Waals surface area contributed by atoms with E-state index in [1.807, 2.05) is 0 Å². The van der Waals surface area contributed by atoms with E-state index in [0.717, 1.165) is 25.7 Å². The molecule has 0 fully saturated rings. The first kappa shape index (κ1) is 25.1. The number of unbranched alkanes of at least 4 members (excludes halogenated alkanes) is 14. The lowest BCUT2D eigenvalue weighted by molar-refractivity contribution is 0.198. The van der Waals surface area contributed by atoms with Crippen molar-refractivity contribution in [3.8, 4) is 0 Å². The van der Waals surface area contributed by atoms with Crippen LogP contribution in [0.4, 0.5) is 0 Å². The Balaban J connectivity index is 3.34. The van der Waals surface area contributed by atoms with Gasteiger partial charge < -0.3 is 0 Å². The molecule has 0 aliphatic carbocycles. The van der Waals surface area contributed by atoms with Gasteiger partial charge in [-0.15, -0.1) is 0 Å². The predicted molar refractivity (Wildman–Crippen MR) is 109 cm³/mol. The van der Waals surface area contributed by atoms with Gasteiger partial charge in [0.05, 0.1) is 13.2 Å². The van der Waals surface area contributed by atoms with E-state index in [1.165, 1.54) is 77.0 Å². The maximum atomic E-state index is 12.0. The Morgan fingerprint density at radius 2 is 0.840 bits per heavy atom. The van der Waals surface area contributed by atoms with Crippen LogP contribution in [0, 0.1) is 0 Å². The summed E-state index contributed by atoms with van der Waals surface area (Å²) in [7, 11) is -3.33. The molecular formula is C20H44NO3P. The van der Waals surface area contributed by atoms with Crippen molar-refractivity contribution in [2.75, 3.05) is 13.2 Å². The van der Waals surface area contributed by atoms with Gasteiger partial charge in [0.15, 0.2) is 0 Å². The van der Waals surface area contributed by atoms with Gasteiger partial charge in [-0.25, -0.2) is 10.1 Å². The van der Waals surface area contributed by atoms with E-state index in [1.54, 1.807) is 0 Å². The van der Waals surface area contributed by atoms with Gasteiger partial charge in [0.1, 0.15) is 0 Å². The van der Waals surface area contributed by atoms with Crippen LogP contribution in [0.2, 0.25) is 0 Å². The van der Waals surface area contributed by atoms with E-state index >= 15 is 0 Å². The van der Waals surface area contributed by atoms with Crippen molar-refractivity contribution in [2.24, 2.45) is 5.50 Å². The van der Waals surface area contributed by atoms with E-state index in [9.17, 15) is 4.57 Å². The Labute approximate surface area is 157 Å². The molecule has 0 radical (unpaired) electrons. The largest absolute Gasteiger partial charge is 0.402 e. The van der Waals surface area contributed by atoms with Crippen LogP contribution in [-0.4, -0.2) is 13.2 Å². The quantitative estimate of drug-likeness (QED) is 0.178. The molecule has 0 unspecified atom stereocenters. The van der Waals surface area contributed by atoms with E-state index in [-0.39, 0.29) is 0 Å².